The Hall–Kier alpha value is -0.650. The molecule has 4 saturated carbocycles. The number of carboxylic acids is 1. The highest BCUT2D eigenvalue weighted by Gasteiger charge is 2.65. The van der Waals surface area contributed by atoms with E-state index >= 15 is 0 Å². The molecule has 5 nitrogen and oxygen atoms in total. The topological polar surface area (TPSA) is 98.0 Å². The van der Waals surface area contributed by atoms with E-state index in [9.17, 15) is 25.2 Å². The third kappa shape index (κ3) is 2.87. The van der Waals surface area contributed by atoms with Crippen LogP contribution in [0.2, 0.25) is 0 Å². The molecule has 5 heteroatoms. The molecule has 0 spiro atoms. The molecule has 28 heavy (non-hydrogen) atoms. The zero-order valence-electron chi connectivity index (χ0n) is 17.6. The number of hydrogen-bond acceptors (Lipinski definition) is 4. The molecule has 4 aliphatic carbocycles. The summed E-state index contributed by atoms with van der Waals surface area (Å²) in [4.78, 5) is 11.3. The van der Waals surface area contributed by atoms with E-state index in [0.717, 1.165) is 38.5 Å². The molecule has 0 bridgehead atoms. The number of aliphatic carboxylic acids is 1. The van der Waals surface area contributed by atoms with Crippen molar-refractivity contribution in [2.75, 3.05) is 0 Å². The molecule has 4 rings (SSSR count). The number of hydrogen-bond donors (Lipinski definition) is 4. The SMILES string of the molecule is C[C@H](CC(=O)O)[C@H]1CCC2C3C(C[C@H](O)[C@@]21C)[C@@]1(C)CC[C@@H](O)CC1C[C@H]3O. The van der Waals surface area contributed by atoms with Crippen molar-refractivity contribution in [1.29, 1.82) is 0 Å². The predicted molar refractivity (Wildman–Crippen MR) is 105 cm³/mol. The summed E-state index contributed by atoms with van der Waals surface area (Å²) in [5.74, 6) is 0.510. The minimum atomic E-state index is -0.767. The van der Waals surface area contributed by atoms with Gasteiger partial charge in [-0.2, -0.15) is 0 Å². The maximum Gasteiger partial charge on any atom is 0.303 e. The van der Waals surface area contributed by atoms with Crippen LogP contribution in [-0.2, 0) is 4.79 Å². The van der Waals surface area contributed by atoms with Crippen molar-refractivity contribution < 1.29 is 25.2 Å². The lowest BCUT2D eigenvalue weighted by Crippen LogP contribution is -2.62. The van der Waals surface area contributed by atoms with E-state index < -0.39 is 12.1 Å². The van der Waals surface area contributed by atoms with Crippen LogP contribution in [0.15, 0.2) is 0 Å². The lowest BCUT2D eigenvalue weighted by atomic mass is 9.43. The van der Waals surface area contributed by atoms with E-state index in [2.05, 4.69) is 13.8 Å². The molecule has 11 atom stereocenters. The fraction of sp³-hybridized carbons (Fsp3) is 0.957. The monoisotopic (exact) mass is 394 g/mol. The first-order valence-corrected chi connectivity index (χ1v) is 11.3. The van der Waals surface area contributed by atoms with Crippen molar-refractivity contribution in [3.05, 3.63) is 0 Å². The summed E-state index contributed by atoms with van der Waals surface area (Å²) in [7, 11) is 0. The molecule has 160 valence electrons. The van der Waals surface area contributed by atoms with Gasteiger partial charge in [0.1, 0.15) is 0 Å². The van der Waals surface area contributed by atoms with E-state index in [1.165, 1.54) is 0 Å². The Morgan fingerprint density at radius 1 is 1.04 bits per heavy atom. The fourth-order valence-electron chi connectivity index (χ4n) is 8.55. The highest BCUT2D eigenvalue weighted by atomic mass is 16.4. The number of fused-ring (bicyclic) bond motifs is 5. The van der Waals surface area contributed by atoms with Crippen LogP contribution >= 0.6 is 0 Å². The second-order valence-corrected chi connectivity index (χ2v) is 11.1. The van der Waals surface area contributed by atoms with Crippen LogP contribution in [-0.4, -0.2) is 44.7 Å². The first-order valence-electron chi connectivity index (χ1n) is 11.3. The zero-order chi connectivity index (χ0) is 20.4. The molecule has 0 aromatic rings. The van der Waals surface area contributed by atoms with Gasteiger partial charge in [0.25, 0.3) is 0 Å². The Labute approximate surface area is 168 Å². The van der Waals surface area contributed by atoms with Gasteiger partial charge < -0.3 is 20.4 Å². The number of aliphatic hydroxyl groups is 3. The van der Waals surface area contributed by atoms with Crippen LogP contribution < -0.4 is 0 Å². The third-order valence-electron chi connectivity index (χ3n) is 10.0. The van der Waals surface area contributed by atoms with Crippen LogP contribution in [0.3, 0.4) is 0 Å². The van der Waals surface area contributed by atoms with Crippen molar-refractivity contribution in [2.45, 2.75) is 90.4 Å². The van der Waals surface area contributed by atoms with E-state index in [0.29, 0.717) is 12.3 Å². The first-order chi connectivity index (χ1) is 13.1. The molecule has 4 aliphatic rings. The van der Waals surface area contributed by atoms with Gasteiger partial charge in [-0.1, -0.05) is 20.8 Å². The number of aliphatic hydroxyl groups excluding tert-OH is 3. The number of rotatable bonds is 3. The van der Waals surface area contributed by atoms with E-state index in [1.54, 1.807) is 0 Å². The standard InChI is InChI=1S/C23H38O5/c1-12(8-20(27)28)15-4-5-16-21-17(11-19(26)23(15,16)3)22(2)7-6-14(24)9-13(22)10-18(21)25/h12-19,21,24-26H,4-11H2,1-3H3,(H,27,28)/t12-,13?,14-,15-,16?,17?,18-,19+,21?,22+,23-/m1/s1. The van der Waals surface area contributed by atoms with Crippen molar-refractivity contribution in [3.8, 4) is 0 Å². The minimum absolute atomic E-state index is 0.0348. The summed E-state index contributed by atoms with van der Waals surface area (Å²) in [5.41, 5.74) is -0.232. The summed E-state index contributed by atoms with van der Waals surface area (Å²) < 4.78 is 0. The average Bonchev–Trinajstić information content (AvgIpc) is 2.95. The highest BCUT2D eigenvalue weighted by molar-refractivity contribution is 5.67. The number of carboxylic acid groups (broad SMARTS) is 1. The second kappa shape index (κ2) is 6.95. The first kappa shape index (κ1) is 20.6. The van der Waals surface area contributed by atoms with Gasteiger partial charge in [0.15, 0.2) is 0 Å². The molecule has 4 unspecified atom stereocenters. The van der Waals surface area contributed by atoms with Crippen molar-refractivity contribution in [3.63, 3.8) is 0 Å². The van der Waals surface area contributed by atoms with Gasteiger partial charge in [-0.3, -0.25) is 4.79 Å². The Morgan fingerprint density at radius 2 is 1.75 bits per heavy atom. The maximum atomic E-state index is 11.4. The minimum Gasteiger partial charge on any atom is -0.481 e. The molecule has 0 saturated heterocycles. The predicted octanol–water partition coefficient (Wildman–Crippen LogP) is 3.06. The van der Waals surface area contributed by atoms with E-state index in [1.807, 2.05) is 6.92 Å². The molecule has 4 N–H and O–H groups in total. The van der Waals surface area contributed by atoms with Gasteiger partial charge in [-0.05, 0) is 91.3 Å². The van der Waals surface area contributed by atoms with Gasteiger partial charge >= 0.3 is 5.97 Å². The van der Waals surface area contributed by atoms with Crippen LogP contribution in [0.25, 0.3) is 0 Å². The van der Waals surface area contributed by atoms with Gasteiger partial charge in [-0.25, -0.2) is 0 Å². The summed E-state index contributed by atoms with van der Waals surface area (Å²) in [6.07, 6.45) is 5.02. The summed E-state index contributed by atoms with van der Waals surface area (Å²) in [6, 6.07) is 0. The third-order valence-corrected chi connectivity index (χ3v) is 10.0. The lowest BCUT2D eigenvalue weighted by Gasteiger charge is -2.63. The van der Waals surface area contributed by atoms with E-state index in [4.69, 9.17) is 0 Å². The van der Waals surface area contributed by atoms with Crippen LogP contribution in [0.1, 0.15) is 72.1 Å². The summed E-state index contributed by atoms with van der Waals surface area (Å²) in [5, 5.41) is 42.1. The largest absolute Gasteiger partial charge is 0.481 e. The Kier molecular flexibility index (Phi) is 5.12. The number of carbonyl (C=O) groups is 1. The van der Waals surface area contributed by atoms with Crippen molar-refractivity contribution in [1.82, 2.24) is 0 Å². The molecular formula is C23H38O5. The molecular weight excluding hydrogens is 356 g/mol. The Morgan fingerprint density at radius 3 is 2.43 bits per heavy atom. The lowest BCUT2D eigenvalue weighted by molar-refractivity contribution is -0.207. The van der Waals surface area contributed by atoms with Crippen molar-refractivity contribution >= 4 is 5.97 Å². The van der Waals surface area contributed by atoms with Gasteiger partial charge in [0.05, 0.1) is 18.3 Å². The van der Waals surface area contributed by atoms with E-state index in [-0.39, 0.29) is 59.0 Å². The second-order valence-electron chi connectivity index (χ2n) is 11.1. The molecule has 0 aromatic carbocycles. The summed E-state index contributed by atoms with van der Waals surface area (Å²) >= 11 is 0. The normalized spacial score (nSPS) is 54.4. The molecule has 0 radical (unpaired) electrons. The van der Waals surface area contributed by atoms with Crippen molar-refractivity contribution in [2.24, 2.45) is 46.3 Å². The van der Waals surface area contributed by atoms with Crippen LogP contribution in [0, 0.1) is 46.3 Å². The van der Waals surface area contributed by atoms with Gasteiger partial charge in [0, 0.05) is 6.42 Å². The molecule has 4 fully saturated rings. The average molecular weight is 395 g/mol. The molecule has 0 heterocycles. The quantitative estimate of drug-likeness (QED) is 0.590. The van der Waals surface area contributed by atoms with Crippen LogP contribution in [0.5, 0.6) is 0 Å². The fourth-order valence-corrected chi connectivity index (χ4v) is 8.55. The molecule has 0 amide bonds. The zero-order valence-corrected chi connectivity index (χ0v) is 17.6. The molecule has 0 aromatic heterocycles. The Balaban J connectivity index is 1.65. The van der Waals surface area contributed by atoms with Crippen LogP contribution in [0.4, 0.5) is 0 Å². The van der Waals surface area contributed by atoms with Gasteiger partial charge in [0.2, 0.25) is 0 Å². The Bertz CT molecular complexity index is 622. The smallest absolute Gasteiger partial charge is 0.303 e. The summed E-state index contributed by atoms with van der Waals surface area (Å²) in [6.45, 7) is 6.52. The highest BCUT2D eigenvalue weighted by Crippen LogP contribution is 2.68. The molecule has 0 aliphatic heterocycles. The maximum absolute atomic E-state index is 11.4. The van der Waals surface area contributed by atoms with Gasteiger partial charge in [-0.15, -0.1) is 0 Å².